The van der Waals surface area contributed by atoms with Crippen LogP contribution in [0.1, 0.15) is 31.2 Å². The maximum absolute atomic E-state index is 13.4. The van der Waals surface area contributed by atoms with E-state index in [1.807, 2.05) is 6.92 Å². The summed E-state index contributed by atoms with van der Waals surface area (Å²) < 4.78 is 27.9. The van der Waals surface area contributed by atoms with Crippen molar-refractivity contribution in [3.63, 3.8) is 0 Å². The molecular weight excluding hydrogens is 443 g/mol. The second kappa shape index (κ2) is 8.40. The van der Waals surface area contributed by atoms with Crippen LogP contribution in [0.15, 0.2) is 47.4 Å². The number of rotatable bonds is 6. The molecule has 3 atom stereocenters. The number of aryl methyl sites for hydroxylation is 1. The minimum atomic E-state index is -3.97. The van der Waals surface area contributed by atoms with Gasteiger partial charge in [-0.05, 0) is 68.4 Å². The first-order chi connectivity index (χ1) is 14.2. The largest absolute Gasteiger partial charge is 0.352 e. The maximum Gasteiger partial charge on any atom is 0.264 e. The average Bonchev–Trinajstić information content (AvgIpc) is 3.32. The van der Waals surface area contributed by atoms with Crippen molar-refractivity contribution >= 4 is 44.8 Å². The van der Waals surface area contributed by atoms with Gasteiger partial charge >= 0.3 is 0 Å². The normalized spacial score (nSPS) is 22.8. The zero-order valence-electron chi connectivity index (χ0n) is 16.6. The lowest BCUT2D eigenvalue weighted by Gasteiger charge is -2.27. The number of sulfonamides is 1. The van der Waals surface area contributed by atoms with Crippen LogP contribution < -0.4 is 9.62 Å². The van der Waals surface area contributed by atoms with Crippen molar-refractivity contribution in [1.82, 2.24) is 5.32 Å². The molecule has 0 heterocycles. The third-order valence-electron chi connectivity index (χ3n) is 6.17. The van der Waals surface area contributed by atoms with Gasteiger partial charge in [-0.3, -0.25) is 9.10 Å². The average molecular weight is 467 g/mol. The molecule has 2 aromatic rings. The first kappa shape index (κ1) is 21.5. The molecule has 8 heteroatoms. The molecule has 0 spiro atoms. The summed E-state index contributed by atoms with van der Waals surface area (Å²) in [5.41, 5.74) is 1.25. The fourth-order valence-corrected chi connectivity index (χ4v) is 6.30. The van der Waals surface area contributed by atoms with Crippen LogP contribution >= 0.6 is 23.2 Å². The second-order valence-electron chi connectivity index (χ2n) is 8.27. The number of anilines is 1. The Morgan fingerprint density at radius 2 is 1.80 bits per heavy atom. The SMILES string of the molecule is Cc1ccc(S(=O)(=O)N(CC(=O)N[C@H]2C[C@H]3CC[C@H]2C3)c2ccc(Cl)c(Cl)c2)cc1. The molecule has 30 heavy (non-hydrogen) atoms. The molecule has 160 valence electrons. The Balaban J connectivity index is 1.62. The smallest absolute Gasteiger partial charge is 0.264 e. The Labute approximate surface area is 187 Å². The lowest BCUT2D eigenvalue weighted by molar-refractivity contribution is -0.120. The number of halogens is 2. The third kappa shape index (κ3) is 4.32. The van der Waals surface area contributed by atoms with Crippen LogP contribution in [-0.2, 0) is 14.8 Å². The van der Waals surface area contributed by atoms with Gasteiger partial charge in [0.25, 0.3) is 10.0 Å². The molecule has 0 unspecified atom stereocenters. The summed E-state index contributed by atoms with van der Waals surface area (Å²) in [7, 11) is -3.97. The molecule has 0 aromatic heterocycles. The molecule has 2 fully saturated rings. The highest BCUT2D eigenvalue weighted by atomic mass is 35.5. The summed E-state index contributed by atoms with van der Waals surface area (Å²) in [6.07, 6.45) is 4.50. The van der Waals surface area contributed by atoms with E-state index in [9.17, 15) is 13.2 Å². The van der Waals surface area contributed by atoms with Crippen LogP contribution in [-0.4, -0.2) is 26.9 Å². The van der Waals surface area contributed by atoms with Gasteiger partial charge in [0.1, 0.15) is 6.54 Å². The van der Waals surface area contributed by atoms with Crippen LogP contribution in [0.4, 0.5) is 5.69 Å². The summed E-state index contributed by atoms with van der Waals surface area (Å²) >= 11 is 12.1. The highest BCUT2D eigenvalue weighted by Crippen LogP contribution is 2.44. The van der Waals surface area contributed by atoms with Crippen LogP contribution in [0.2, 0.25) is 10.0 Å². The van der Waals surface area contributed by atoms with Gasteiger partial charge in [0.15, 0.2) is 0 Å². The zero-order chi connectivity index (χ0) is 21.5. The van der Waals surface area contributed by atoms with E-state index in [1.54, 1.807) is 30.3 Å². The number of hydrogen-bond acceptors (Lipinski definition) is 3. The lowest BCUT2D eigenvalue weighted by atomic mass is 9.95. The minimum absolute atomic E-state index is 0.117. The fraction of sp³-hybridized carbons (Fsp3) is 0.409. The van der Waals surface area contributed by atoms with Crippen molar-refractivity contribution in [2.24, 2.45) is 11.8 Å². The highest BCUT2D eigenvalue weighted by molar-refractivity contribution is 7.92. The number of fused-ring (bicyclic) bond motifs is 2. The third-order valence-corrected chi connectivity index (χ3v) is 8.70. The van der Waals surface area contributed by atoms with E-state index in [1.165, 1.54) is 18.6 Å². The van der Waals surface area contributed by atoms with E-state index < -0.39 is 10.0 Å². The number of carbonyl (C=O) groups is 1. The van der Waals surface area contributed by atoms with Gasteiger partial charge in [0, 0.05) is 6.04 Å². The van der Waals surface area contributed by atoms with Crippen molar-refractivity contribution < 1.29 is 13.2 Å². The molecule has 5 nitrogen and oxygen atoms in total. The Hall–Kier alpha value is -1.76. The van der Waals surface area contributed by atoms with Crippen LogP contribution in [0.5, 0.6) is 0 Å². The standard InChI is InChI=1S/C22H24Cl2N2O3S/c1-14-2-7-18(8-3-14)30(28,29)26(17-6-9-19(23)20(24)12-17)13-22(27)25-21-11-15-4-5-16(21)10-15/h2-3,6-9,12,15-16,21H,4-5,10-11,13H2,1H3,(H,25,27)/t15-,16-,21-/m0/s1. The predicted molar refractivity (Wildman–Crippen MR) is 120 cm³/mol. The van der Waals surface area contributed by atoms with E-state index in [0.717, 1.165) is 29.1 Å². The molecule has 1 N–H and O–H groups in total. The Bertz CT molecular complexity index is 1060. The molecule has 0 aliphatic heterocycles. The van der Waals surface area contributed by atoms with Crippen molar-refractivity contribution in [1.29, 1.82) is 0 Å². The molecule has 2 bridgehead atoms. The zero-order valence-corrected chi connectivity index (χ0v) is 19.0. The van der Waals surface area contributed by atoms with Gasteiger partial charge in [-0.25, -0.2) is 8.42 Å². The number of benzene rings is 2. The number of hydrogen-bond donors (Lipinski definition) is 1. The van der Waals surface area contributed by atoms with Gasteiger partial charge < -0.3 is 5.32 Å². The van der Waals surface area contributed by atoms with Crippen molar-refractivity contribution in [2.45, 2.75) is 43.5 Å². The quantitative estimate of drug-likeness (QED) is 0.664. The Morgan fingerprint density at radius 3 is 2.40 bits per heavy atom. The molecule has 2 aliphatic rings. The van der Waals surface area contributed by atoms with Gasteiger partial charge in [0.2, 0.25) is 5.91 Å². The van der Waals surface area contributed by atoms with Gasteiger partial charge in [0.05, 0.1) is 20.6 Å². The van der Waals surface area contributed by atoms with Crippen LogP contribution in [0.25, 0.3) is 0 Å². The van der Waals surface area contributed by atoms with E-state index in [4.69, 9.17) is 23.2 Å². The molecule has 2 saturated carbocycles. The number of nitrogens with one attached hydrogen (secondary N) is 1. The molecule has 2 aliphatic carbocycles. The van der Waals surface area contributed by atoms with Crippen LogP contribution in [0.3, 0.4) is 0 Å². The van der Waals surface area contributed by atoms with E-state index in [-0.39, 0.29) is 28.4 Å². The number of nitrogens with zero attached hydrogens (tertiary/aromatic N) is 1. The minimum Gasteiger partial charge on any atom is -0.352 e. The lowest BCUT2D eigenvalue weighted by Crippen LogP contribution is -2.46. The fourth-order valence-electron chi connectivity index (χ4n) is 4.60. The van der Waals surface area contributed by atoms with E-state index in [2.05, 4.69) is 5.32 Å². The van der Waals surface area contributed by atoms with Crippen LogP contribution in [0, 0.1) is 18.8 Å². The summed E-state index contributed by atoms with van der Waals surface area (Å²) in [5.74, 6) is 0.878. The van der Waals surface area contributed by atoms with Gasteiger partial charge in [-0.15, -0.1) is 0 Å². The molecule has 4 rings (SSSR count). The van der Waals surface area contributed by atoms with Gasteiger partial charge in [-0.1, -0.05) is 47.3 Å². The first-order valence-corrected chi connectivity index (χ1v) is 12.3. The van der Waals surface area contributed by atoms with E-state index >= 15 is 0 Å². The summed E-state index contributed by atoms with van der Waals surface area (Å²) in [5, 5.41) is 3.61. The Morgan fingerprint density at radius 1 is 1.07 bits per heavy atom. The summed E-state index contributed by atoms with van der Waals surface area (Å²) in [6.45, 7) is 1.57. The summed E-state index contributed by atoms with van der Waals surface area (Å²) in [4.78, 5) is 13.0. The first-order valence-electron chi connectivity index (χ1n) is 10.1. The highest BCUT2D eigenvalue weighted by Gasteiger charge is 2.40. The van der Waals surface area contributed by atoms with Crippen molar-refractivity contribution in [3.8, 4) is 0 Å². The topological polar surface area (TPSA) is 66.5 Å². The van der Waals surface area contributed by atoms with Crippen molar-refractivity contribution in [3.05, 3.63) is 58.1 Å². The molecule has 2 aromatic carbocycles. The molecular formula is C22H24Cl2N2O3S. The molecule has 1 amide bonds. The molecule has 0 saturated heterocycles. The second-order valence-corrected chi connectivity index (χ2v) is 10.9. The predicted octanol–water partition coefficient (Wildman–Crippen LogP) is 4.80. The Kier molecular flexibility index (Phi) is 6.02. The molecule has 0 radical (unpaired) electrons. The number of amides is 1. The van der Waals surface area contributed by atoms with Gasteiger partial charge in [-0.2, -0.15) is 0 Å². The number of carbonyl (C=O) groups excluding carboxylic acids is 1. The summed E-state index contributed by atoms with van der Waals surface area (Å²) in [6, 6.07) is 11.3. The van der Waals surface area contributed by atoms with E-state index in [0.29, 0.717) is 22.5 Å². The van der Waals surface area contributed by atoms with Crippen molar-refractivity contribution in [2.75, 3.05) is 10.8 Å². The monoisotopic (exact) mass is 466 g/mol. The maximum atomic E-state index is 13.4.